The van der Waals surface area contributed by atoms with E-state index in [0.717, 1.165) is 10.0 Å². The first-order valence-electron chi connectivity index (χ1n) is 10.0. The number of carboxylic acid groups (broad SMARTS) is 1. The first-order valence-corrected chi connectivity index (χ1v) is 10.8. The number of rotatable bonds is 6. The number of aromatic hydroxyl groups is 1. The van der Waals surface area contributed by atoms with Gasteiger partial charge in [-0.15, -0.1) is 0 Å². The van der Waals surface area contributed by atoms with Crippen LogP contribution in [0.5, 0.6) is 5.75 Å². The molecule has 0 fully saturated rings. The van der Waals surface area contributed by atoms with Gasteiger partial charge in [0, 0.05) is 10.0 Å². The molecule has 0 aliphatic rings. The number of phenols is 1. The molecule has 166 valence electrons. The van der Waals surface area contributed by atoms with Crippen LogP contribution in [0.3, 0.4) is 0 Å². The molecule has 1 unspecified atom stereocenters. The fraction of sp³-hybridized carbons (Fsp3) is 0.0769. The second-order valence-electron chi connectivity index (χ2n) is 7.51. The van der Waals surface area contributed by atoms with Crippen molar-refractivity contribution in [1.82, 2.24) is 0 Å². The highest BCUT2D eigenvalue weighted by molar-refractivity contribution is 9.10. The Hall–Kier alpha value is -3.68. The van der Waals surface area contributed by atoms with E-state index in [0.29, 0.717) is 21.9 Å². The summed E-state index contributed by atoms with van der Waals surface area (Å²) in [4.78, 5) is 23.6. The van der Waals surface area contributed by atoms with Crippen LogP contribution < -0.4 is 0 Å². The van der Waals surface area contributed by atoms with Gasteiger partial charge in [0.25, 0.3) is 0 Å². The molecular formula is C26H19BrO6. The first-order chi connectivity index (χ1) is 15.8. The van der Waals surface area contributed by atoms with E-state index in [1.807, 2.05) is 24.3 Å². The van der Waals surface area contributed by atoms with Crippen LogP contribution in [0.15, 0.2) is 83.3 Å². The number of ether oxygens (including phenoxy) is 1. The van der Waals surface area contributed by atoms with Crippen LogP contribution >= 0.6 is 15.9 Å². The number of fused-ring (bicyclic) bond motifs is 1. The predicted molar refractivity (Wildman–Crippen MR) is 126 cm³/mol. The summed E-state index contributed by atoms with van der Waals surface area (Å²) in [6.07, 6.45) is -1.18. The van der Waals surface area contributed by atoms with Gasteiger partial charge in [-0.05, 0) is 70.4 Å². The van der Waals surface area contributed by atoms with Crippen LogP contribution in [0.2, 0.25) is 0 Å². The smallest absolute Gasteiger partial charge is 0.338 e. The summed E-state index contributed by atoms with van der Waals surface area (Å²) in [5, 5.41) is 31.6. The summed E-state index contributed by atoms with van der Waals surface area (Å²) in [5.41, 5.74) is 1.97. The minimum absolute atomic E-state index is 0.0972. The summed E-state index contributed by atoms with van der Waals surface area (Å²) in [7, 11) is 0. The van der Waals surface area contributed by atoms with E-state index in [9.17, 15) is 19.8 Å². The predicted octanol–water partition coefficient (Wildman–Crippen LogP) is 5.44. The number of halogens is 1. The molecule has 0 amide bonds. The third-order valence-electron chi connectivity index (χ3n) is 5.27. The maximum atomic E-state index is 12.5. The number of hydrogen-bond acceptors (Lipinski definition) is 5. The minimum atomic E-state index is -1.18. The third kappa shape index (κ3) is 5.05. The van der Waals surface area contributed by atoms with Gasteiger partial charge >= 0.3 is 11.9 Å². The zero-order valence-electron chi connectivity index (χ0n) is 17.2. The van der Waals surface area contributed by atoms with Gasteiger partial charge < -0.3 is 20.1 Å². The van der Waals surface area contributed by atoms with Crippen LogP contribution in [-0.2, 0) is 11.3 Å². The Morgan fingerprint density at radius 3 is 2.18 bits per heavy atom. The average molecular weight is 507 g/mol. The van der Waals surface area contributed by atoms with E-state index < -0.39 is 18.0 Å². The largest absolute Gasteiger partial charge is 0.508 e. The molecule has 0 radical (unpaired) electrons. The van der Waals surface area contributed by atoms with Gasteiger partial charge in [-0.3, -0.25) is 0 Å². The monoisotopic (exact) mass is 506 g/mol. The van der Waals surface area contributed by atoms with Crippen molar-refractivity contribution in [2.75, 3.05) is 0 Å². The maximum Gasteiger partial charge on any atom is 0.338 e. The lowest BCUT2D eigenvalue weighted by Gasteiger charge is -2.15. The molecule has 4 rings (SSSR count). The van der Waals surface area contributed by atoms with Gasteiger partial charge in [0.15, 0.2) is 0 Å². The molecule has 33 heavy (non-hydrogen) atoms. The van der Waals surface area contributed by atoms with Crippen molar-refractivity contribution in [3.8, 4) is 5.75 Å². The van der Waals surface area contributed by atoms with Crippen LogP contribution in [0.4, 0.5) is 0 Å². The Labute approximate surface area is 197 Å². The molecule has 0 heterocycles. The molecule has 4 aromatic rings. The van der Waals surface area contributed by atoms with Crippen molar-refractivity contribution in [3.05, 3.63) is 111 Å². The molecule has 1 atom stereocenters. The number of aliphatic hydroxyl groups is 1. The highest BCUT2D eigenvalue weighted by Crippen LogP contribution is 2.33. The van der Waals surface area contributed by atoms with Crippen molar-refractivity contribution in [2.45, 2.75) is 12.7 Å². The maximum absolute atomic E-state index is 12.5. The fourth-order valence-electron chi connectivity index (χ4n) is 3.45. The number of carboxylic acids is 1. The number of aliphatic hydroxyl groups excluding tert-OH is 1. The average Bonchev–Trinajstić information content (AvgIpc) is 2.82. The quantitative estimate of drug-likeness (QED) is 0.300. The molecule has 0 saturated heterocycles. The van der Waals surface area contributed by atoms with E-state index in [4.69, 9.17) is 9.84 Å². The zero-order valence-corrected chi connectivity index (χ0v) is 18.8. The summed E-state index contributed by atoms with van der Waals surface area (Å²) in [5.74, 6) is -1.66. The van der Waals surface area contributed by atoms with Crippen LogP contribution in [0.25, 0.3) is 10.8 Å². The lowest BCUT2D eigenvalue weighted by Crippen LogP contribution is -2.05. The Bertz CT molecular complexity index is 1330. The molecule has 0 aromatic heterocycles. The van der Waals surface area contributed by atoms with Crippen LogP contribution in [0.1, 0.15) is 43.5 Å². The number of phenolic OH excluding ortho intramolecular Hbond substituents is 1. The lowest BCUT2D eigenvalue weighted by atomic mass is 9.96. The van der Waals surface area contributed by atoms with E-state index >= 15 is 0 Å². The highest BCUT2D eigenvalue weighted by atomic mass is 79.9. The second kappa shape index (κ2) is 9.44. The van der Waals surface area contributed by atoms with Crippen molar-refractivity contribution in [3.63, 3.8) is 0 Å². The number of hydrogen-bond donors (Lipinski definition) is 3. The Balaban J connectivity index is 1.58. The topological polar surface area (TPSA) is 104 Å². The molecule has 0 aliphatic heterocycles. The molecule has 0 spiro atoms. The molecule has 6 nitrogen and oxygen atoms in total. The number of esters is 1. The summed E-state index contributed by atoms with van der Waals surface area (Å²) < 4.78 is 6.34. The van der Waals surface area contributed by atoms with E-state index in [-0.39, 0.29) is 23.5 Å². The Kier molecular flexibility index (Phi) is 6.44. The second-order valence-corrected chi connectivity index (χ2v) is 8.42. The fourth-order valence-corrected chi connectivity index (χ4v) is 3.71. The molecule has 0 bridgehead atoms. The molecule has 3 N–H and O–H groups in total. The van der Waals surface area contributed by atoms with E-state index in [1.54, 1.807) is 24.3 Å². The minimum Gasteiger partial charge on any atom is -0.508 e. The first kappa shape index (κ1) is 22.5. The van der Waals surface area contributed by atoms with Crippen molar-refractivity contribution < 1.29 is 29.6 Å². The summed E-state index contributed by atoms with van der Waals surface area (Å²) in [6, 6.07) is 21.3. The Morgan fingerprint density at radius 2 is 1.52 bits per heavy atom. The zero-order chi connectivity index (χ0) is 23.5. The van der Waals surface area contributed by atoms with Crippen LogP contribution in [0, 0.1) is 0 Å². The van der Waals surface area contributed by atoms with Gasteiger partial charge in [0.1, 0.15) is 18.5 Å². The normalized spacial score (nSPS) is 11.8. The van der Waals surface area contributed by atoms with E-state index in [1.165, 1.54) is 30.3 Å². The molecule has 7 heteroatoms. The number of benzene rings is 4. The number of aromatic carboxylic acids is 1. The van der Waals surface area contributed by atoms with Crippen molar-refractivity contribution in [2.24, 2.45) is 0 Å². The van der Waals surface area contributed by atoms with Gasteiger partial charge in [-0.2, -0.15) is 0 Å². The summed E-state index contributed by atoms with van der Waals surface area (Å²) >= 11 is 3.36. The van der Waals surface area contributed by atoms with Crippen molar-refractivity contribution in [1.29, 1.82) is 0 Å². The molecule has 4 aromatic carbocycles. The van der Waals surface area contributed by atoms with Gasteiger partial charge in [0.05, 0.1) is 11.1 Å². The standard InChI is InChI=1S/C26H19BrO6/c27-21-9-1-15(2-10-21)14-33-26(32)19-8-7-18-13-23(28)22(12-20(18)11-19)24(29)16-3-5-17(6-4-16)25(30)31/h1-13,24,28-29H,14H2,(H,30,31). The summed E-state index contributed by atoms with van der Waals surface area (Å²) in [6.45, 7) is 0.135. The van der Waals surface area contributed by atoms with Gasteiger partial charge in [-0.25, -0.2) is 9.59 Å². The van der Waals surface area contributed by atoms with Gasteiger partial charge in [-0.1, -0.05) is 46.3 Å². The molecular weight excluding hydrogens is 488 g/mol. The molecule has 0 aliphatic carbocycles. The van der Waals surface area contributed by atoms with Gasteiger partial charge in [0.2, 0.25) is 0 Å². The number of carbonyl (C=O) groups excluding carboxylic acids is 1. The third-order valence-corrected chi connectivity index (χ3v) is 5.80. The lowest BCUT2D eigenvalue weighted by molar-refractivity contribution is 0.0472. The SMILES string of the molecule is O=C(O)c1ccc(C(O)c2cc3cc(C(=O)OCc4ccc(Br)cc4)ccc3cc2O)cc1. The number of carbonyl (C=O) groups is 2. The highest BCUT2D eigenvalue weighted by Gasteiger charge is 2.17. The molecule has 0 saturated carbocycles. The van der Waals surface area contributed by atoms with Crippen molar-refractivity contribution >= 4 is 38.6 Å². The van der Waals surface area contributed by atoms with Crippen LogP contribution in [-0.4, -0.2) is 27.3 Å². The van der Waals surface area contributed by atoms with E-state index in [2.05, 4.69) is 15.9 Å². The Morgan fingerprint density at radius 1 is 0.848 bits per heavy atom.